The number of hydrogen-bond acceptors (Lipinski definition) is 1. The van der Waals surface area contributed by atoms with Gasteiger partial charge in [0.25, 0.3) is 0 Å². The summed E-state index contributed by atoms with van der Waals surface area (Å²) in [6.45, 7) is 3.34. The lowest BCUT2D eigenvalue weighted by Crippen LogP contribution is -2.08. The summed E-state index contributed by atoms with van der Waals surface area (Å²) in [4.78, 5) is 0. The van der Waals surface area contributed by atoms with Gasteiger partial charge in [-0.2, -0.15) is 13.2 Å². The molecule has 2 rings (SSSR count). The molecule has 2 aromatic carbocycles. The molecule has 0 aliphatic rings. The summed E-state index contributed by atoms with van der Waals surface area (Å²) < 4.78 is 38.0. The molecule has 0 aliphatic heterocycles. The van der Waals surface area contributed by atoms with E-state index in [0.717, 1.165) is 17.7 Å². The Morgan fingerprint density at radius 3 is 2.24 bits per heavy atom. The van der Waals surface area contributed by atoms with Crippen molar-refractivity contribution < 1.29 is 18.3 Å². The minimum Gasteiger partial charge on any atom is -0.384 e. The van der Waals surface area contributed by atoms with Gasteiger partial charge < -0.3 is 5.11 Å². The largest absolute Gasteiger partial charge is 0.416 e. The van der Waals surface area contributed by atoms with E-state index in [1.165, 1.54) is 13.0 Å². The number of aryl methyl sites for hydroxylation is 2. The minimum atomic E-state index is -4.39. The van der Waals surface area contributed by atoms with Crippen molar-refractivity contribution in [3.8, 4) is 0 Å². The van der Waals surface area contributed by atoms with Crippen LogP contribution < -0.4 is 0 Å². The third-order valence-corrected chi connectivity index (χ3v) is 3.92. The second-order valence-corrected chi connectivity index (χ2v) is 5.33. The molecular formula is C16H14ClF3O. The van der Waals surface area contributed by atoms with Gasteiger partial charge in [-0.15, -0.1) is 0 Å². The molecule has 1 nitrogen and oxygen atoms in total. The summed E-state index contributed by atoms with van der Waals surface area (Å²) in [5.74, 6) is 0. The SMILES string of the molecule is Cc1cc(C(F)(F)F)ccc1C(O)c1cccc(C)c1Cl. The summed E-state index contributed by atoms with van der Waals surface area (Å²) in [5, 5.41) is 10.8. The molecule has 1 unspecified atom stereocenters. The van der Waals surface area contributed by atoms with Crippen LogP contribution in [0.3, 0.4) is 0 Å². The zero-order chi connectivity index (χ0) is 15.8. The Balaban J connectivity index is 2.45. The van der Waals surface area contributed by atoms with Crippen LogP contribution in [0.25, 0.3) is 0 Å². The Labute approximate surface area is 126 Å². The first-order valence-electron chi connectivity index (χ1n) is 6.32. The van der Waals surface area contributed by atoms with E-state index in [1.807, 2.05) is 0 Å². The number of halogens is 4. The van der Waals surface area contributed by atoms with Crippen LogP contribution in [0.4, 0.5) is 13.2 Å². The van der Waals surface area contributed by atoms with E-state index in [4.69, 9.17) is 11.6 Å². The molecule has 1 N–H and O–H groups in total. The summed E-state index contributed by atoms with van der Waals surface area (Å²) in [7, 11) is 0. The Hall–Kier alpha value is -1.52. The molecule has 0 aliphatic carbocycles. The van der Waals surface area contributed by atoms with Gasteiger partial charge in [-0.25, -0.2) is 0 Å². The molecular weight excluding hydrogens is 301 g/mol. The summed E-state index contributed by atoms with van der Waals surface area (Å²) >= 11 is 6.15. The number of hydrogen-bond donors (Lipinski definition) is 1. The highest BCUT2D eigenvalue weighted by molar-refractivity contribution is 6.32. The number of aliphatic hydroxyl groups excluding tert-OH is 1. The molecule has 0 bridgehead atoms. The van der Waals surface area contributed by atoms with E-state index in [-0.39, 0.29) is 0 Å². The summed E-state index contributed by atoms with van der Waals surface area (Å²) in [6.07, 6.45) is -5.45. The topological polar surface area (TPSA) is 20.2 Å². The van der Waals surface area contributed by atoms with Crippen LogP contribution in [0.1, 0.15) is 33.9 Å². The molecule has 2 aromatic rings. The maximum atomic E-state index is 12.7. The first kappa shape index (κ1) is 15.9. The van der Waals surface area contributed by atoms with Gasteiger partial charge in [0.05, 0.1) is 5.56 Å². The fourth-order valence-electron chi connectivity index (χ4n) is 2.21. The average molecular weight is 315 g/mol. The van der Waals surface area contributed by atoms with E-state index in [9.17, 15) is 18.3 Å². The van der Waals surface area contributed by atoms with Crippen LogP contribution in [-0.4, -0.2) is 5.11 Å². The molecule has 0 fully saturated rings. The van der Waals surface area contributed by atoms with Crippen LogP contribution >= 0.6 is 11.6 Å². The first-order chi connectivity index (χ1) is 9.71. The van der Waals surface area contributed by atoms with Gasteiger partial charge in [0.15, 0.2) is 0 Å². The molecule has 0 saturated carbocycles. The highest BCUT2D eigenvalue weighted by Gasteiger charge is 2.31. The van der Waals surface area contributed by atoms with E-state index in [2.05, 4.69) is 0 Å². The van der Waals surface area contributed by atoms with Crippen molar-refractivity contribution >= 4 is 11.6 Å². The van der Waals surface area contributed by atoms with Crippen molar-refractivity contribution in [3.63, 3.8) is 0 Å². The Kier molecular flexibility index (Phi) is 4.30. The zero-order valence-electron chi connectivity index (χ0n) is 11.5. The normalized spacial score (nSPS) is 13.3. The van der Waals surface area contributed by atoms with Gasteiger partial charge in [0, 0.05) is 10.6 Å². The van der Waals surface area contributed by atoms with Crippen LogP contribution in [0.15, 0.2) is 36.4 Å². The lowest BCUT2D eigenvalue weighted by atomic mass is 9.95. The second kappa shape index (κ2) is 5.70. The van der Waals surface area contributed by atoms with Crippen molar-refractivity contribution in [3.05, 3.63) is 69.2 Å². The van der Waals surface area contributed by atoms with E-state index < -0.39 is 17.8 Å². The maximum absolute atomic E-state index is 12.7. The smallest absolute Gasteiger partial charge is 0.384 e. The highest BCUT2D eigenvalue weighted by Crippen LogP contribution is 2.35. The fourth-order valence-corrected chi connectivity index (χ4v) is 2.44. The van der Waals surface area contributed by atoms with E-state index in [1.54, 1.807) is 25.1 Å². The molecule has 0 aromatic heterocycles. The molecule has 0 radical (unpaired) electrons. The lowest BCUT2D eigenvalue weighted by molar-refractivity contribution is -0.137. The molecule has 5 heteroatoms. The first-order valence-corrected chi connectivity index (χ1v) is 6.70. The Morgan fingerprint density at radius 1 is 1.00 bits per heavy atom. The van der Waals surface area contributed by atoms with Gasteiger partial charge in [-0.05, 0) is 42.7 Å². The lowest BCUT2D eigenvalue weighted by Gasteiger charge is -2.18. The quantitative estimate of drug-likeness (QED) is 0.821. The number of alkyl halides is 3. The molecule has 0 spiro atoms. The van der Waals surface area contributed by atoms with Crippen LogP contribution in [-0.2, 0) is 6.18 Å². The van der Waals surface area contributed by atoms with Crippen molar-refractivity contribution in [2.45, 2.75) is 26.1 Å². The zero-order valence-corrected chi connectivity index (χ0v) is 12.3. The molecule has 21 heavy (non-hydrogen) atoms. The van der Waals surface area contributed by atoms with Crippen molar-refractivity contribution in [1.82, 2.24) is 0 Å². The van der Waals surface area contributed by atoms with Gasteiger partial charge in [-0.3, -0.25) is 0 Å². The Bertz CT molecular complexity index is 665. The van der Waals surface area contributed by atoms with Crippen molar-refractivity contribution in [2.75, 3.05) is 0 Å². The molecule has 1 atom stereocenters. The standard InChI is InChI=1S/C16H14ClF3O/c1-9-4-3-5-13(14(9)17)15(21)12-7-6-11(8-10(12)2)16(18,19)20/h3-8,15,21H,1-2H3. The van der Waals surface area contributed by atoms with Crippen molar-refractivity contribution in [2.24, 2.45) is 0 Å². The number of rotatable bonds is 2. The number of aliphatic hydroxyl groups is 1. The molecule has 112 valence electrons. The summed E-state index contributed by atoms with van der Waals surface area (Å²) in [5.41, 5.74) is 1.34. The second-order valence-electron chi connectivity index (χ2n) is 4.95. The van der Waals surface area contributed by atoms with Gasteiger partial charge in [0.2, 0.25) is 0 Å². The predicted molar refractivity (Wildman–Crippen MR) is 76.4 cm³/mol. The molecule has 0 amide bonds. The highest BCUT2D eigenvalue weighted by atomic mass is 35.5. The van der Waals surface area contributed by atoms with E-state index >= 15 is 0 Å². The monoisotopic (exact) mass is 314 g/mol. The molecule has 0 saturated heterocycles. The Morgan fingerprint density at radius 2 is 1.67 bits per heavy atom. The van der Waals surface area contributed by atoms with Crippen LogP contribution in [0.5, 0.6) is 0 Å². The van der Waals surface area contributed by atoms with Crippen LogP contribution in [0, 0.1) is 13.8 Å². The van der Waals surface area contributed by atoms with Crippen LogP contribution in [0.2, 0.25) is 5.02 Å². The van der Waals surface area contributed by atoms with E-state index in [0.29, 0.717) is 21.7 Å². The predicted octanol–water partition coefficient (Wildman–Crippen LogP) is 5.06. The average Bonchev–Trinajstić information content (AvgIpc) is 2.40. The van der Waals surface area contributed by atoms with Gasteiger partial charge in [0.1, 0.15) is 6.10 Å². The summed E-state index contributed by atoms with van der Waals surface area (Å²) in [6, 6.07) is 8.51. The third kappa shape index (κ3) is 3.22. The maximum Gasteiger partial charge on any atom is 0.416 e. The number of benzene rings is 2. The minimum absolute atomic E-state index is 0.370. The van der Waals surface area contributed by atoms with Crippen molar-refractivity contribution in [1.29, 1.82) is 0 Å². The van der Waals surface area contributed by atoms with Gasteiger partial charge >= 0.3 is 6.18 Å². The molecule has 0 heterocycles. The fraction of sp³-hybridized carbons (Fsp3) is 0.250. The third-order valence-electron chi connectivity index (χ3n) is 3.41. The van der Waals surface area contributed by atoms with Gasteiger partial charge in [-0.1, -0.05) is 35.9 Å².